The molecule has 0 saturated carbocycles. The summed E-state index contributed by atoms with van der Waals surface area (Å²) in [5, 5.41) is 11.2. The third-order valence-corrected chi connectivity index (χ3v) is 3.60. The molecule has 1 aliphatic heterocycles. The van der Waals surface area contributed by atoms with Gasteiger partial charge in [-0.2, -0.15) is 10.1 Å². The summed E-state index contributed by atoms with van der Waals surface area (Å²) in [7, 11) is 0. The van der Waals surface area contributed by atoms with Gasteiger partial charge in [0.05, 0.1) is 12.8 Å². The van der Waals surface area contributed by atoms with E-state index in [0.29, 0.717) is 5.88 Å². The van der Waals surface area contributed by atoms with Gasteiger partial charge in [-0.1, -0.05) is 0 Å². The third kappa shape index (κ3) is 3.46. The summed E-state index contributed by atoms with van der Waals surface area (Å²) in [6.07, 6.45) is 4.00. The van der Waals surface area contributed by atoms with Crippen LogP contribution in [-0.4, -0.2) is 59.4 Å². The number of fused-ring (bicyclic) bond motifs is 1. The lowest BCUT2D eigenvalue weighted by Gasteiger charge is -2.26. The molecule has 0 atom stereocenters. The minimum Gasteiger partial charge on any atom is -0.478 e. The molecular formula is C14H21N5O. The van der Waals surface area contributed by atoms with E-state index in [4.69, 9.17) is 4.74 Å². The van der Waals surface area contributed by atoms with Crippen molar-refractivity contribution in [3.8, 4) is 5.88 Å². The maximum atomic E-state index is 5.68. The van der Waals surface area contributed by atoms with Crippen molar-refractivity contribution in [2.45, 2.75) is 12.8 Å². The van der Waals surface area contributed by atoms with Crippen LogP contribution in [0.3, 0.4) is 0 Å². The van der Waals surface area contributed by atoms with Gasteiger partial charge in [0.1, 0.15) is 0 Å². The second-order valence-corrected chi connectivity index (χ2v) is 5.10. The van der Waals surface area contributed by atoms with E-state index in [1.807, 2.05) is 12.1 Å². The zero-order chi connectivity index (χ0) is 13.6. The summed E-state index contributed by atoms with van der Waals surface area (Å²) < 4.78 is 5.68. The lowest BCUT2D eigenvalue weighted by molar-refractivity contribution is 0.225. The van der Waals surface area contributed by atoms with Crippen molar-refractivity contribution in [3.05, 3.63) is 18.3 Å². The molecule has 2 aromatic rings. The first kappa shape index (κ1) is 13.3. The molecule has 108 valence electrons. The van der Waals surface area contributed by atoms with E-state index in [1.54, 1.807) is 6.20 Å². The van der Waals surface area contributed by atoms with Gasteiger partial charge in [0.15, 0.2) is 5.65 Å². The molecule has 1 saturated heterocycles. The van der Waals surface area contributed by atoms with E-state index in [2.05, 4.69) is 25.4 Å². The molecule has 0 aromatic carbocycles. The first-order valence-electron chi connectivity index (χ1n) is 7.28. The molecule has 6 heteroatoms. The number of nitrogens with one attached hydrogen (secondary N) is 2. The number of aromatic amines is 1. The number of rotatable bonds is 6. The summed E-state index contributed by atoms with van der Waals surface area (Å²) in [5.74, 6) is 0.670. The molecule has 1 aliphatic rings. The van der Waals surface area contributed by atoms with Gasteiger partial charge in [-0.25, -0.2) is 0 Å². The van der Waals surface area contributed by atoms with Crippen molar-refractivity contribution >= 4 is 11.0 Å². The van der Waals surface area contributed by atoms with Crippen LogP contribution in [0.15, 0.2) is 18.3 Å². The molecule has 2 N–H and O–H groups in total. The molecule has 3 rings (SSSR count). The van der Waals surface area contributed by atoms with Gasteiger partial charge < -0.3 is 15.0 Å². The number of aromatic nitrogens is 3. The molecule has 1 fully saturated rings. The Hall–Kier alpha value is -1.66. The molecule has 6 nitrogen and oxygen atoms in total. The molecule has 3 heterocycles. The van der Waals surface area contributed by atoms with E-state index in [1.165, 1.54) is 19.5 Å². The van der Waals surface area contributed by atoms with Crippen molar-refractivity contribution < 1.29 is 4.74 Å². The van der Waals surface area contributed by atoms with Crippen LogP contribution < -0.4 is 10.1 Å². The highest BCUT2D eigenvalue weighted by Gasteiger charge is 2.08. The molecule has 0 bridgehead atoms. The Kier molecular flexibility index (Phi) is 4.45. The SMILES string of the molecule is c1cc2cn[nH]c2nc1OCCCCN1CCNCC1. The Labute approximate surface area is 118 Å². The number of pyridine rings is 1. The van der Waals surface area contributed by atoms with Gasteiger partial charge in [0.2, 0.25) is 5.88 Å². The number of hydrogen-bond acceptors (Lipinski definition) is 5. The van der Waals surface area contributed by atoms with Gasteiger partial charge >= 0.3 is 0 Å². The van der Waals surface area contributed by atoms with Gasteiger partial charge in [-0.15, -0.1) is 0 Å². The van der Waals surface area contributed by atoms with Gasteiger partial charge in [-0.3, -0.25) is 5.10 Å². The predicted octanol–water partition coefficient (Wildman–Crippen LogP) is 1.02. The fourth-order valence-corrected chi connectivity index (χ4v) is 2.44. The zero-order valence-corrected chi connectivity index (χ0v) is 11.6. The largest absolute Gasteiger partial charge is 0.478 e. The summed E-state index contributed by atoms with van der Waals surface area (Å²) in [6.45, 7) is 6.45. The van der Waals surface area contributed by atoms with Gasteiger partial charge in [-0.05, 0) is 25.5 Å². The van der Waals surface area contributed by atoms with Crippen molar-refractivity contribution in [2.24, 2.45) is 0 Å². The van der Waals surface area contributed by atoms with E-state index in [0.717, 1.165) is 43.7 Å². The van der Waals surface area contributed by atoms with E-state index in [-0.39, 0.29) is 0 Å². The van der Waals surface area contributed by atoms with Crippen LogP contribution in [0.1, 0.15) is 12.8 Å². The van der Waals surface area contributed by atoms with Crippen molar-refractivity contribution in [1.29, 1.82) is 0 Å². The second kappa shape index (κ2) is 6.67. The lowest BCUT2D eigenvalue weighted by atomic mass is 10.2. The molecule has 0 radical (unpaired) electrons. The monoisotopic (exact) mass is 275 g/mol. The summed E-state index contributed by atoms with van der Waals surface area (Å²) >= 11 is 0. The predicted molar refractivity (Wildman–Crippen MR) is 77.9 cm³/mol. The first-order valence-corrected chi connectivity index (χ1v) is 7.28. The van der Waals surface area contributed by atoms with Crippen LogP contribution >= 0.6 is 0 Å². The number of nitrogens with zero attached hydrogens (tertiary/aromatic N) is 3. The second-order valence-electron chi connectivity index (χ2n) is 5.10. The van der Waals surface area contributed by atoms with Crippen LogP contribution in [0, 0.1) is 0 Å². The van der Waals surface area contributed by atoms with Crippen LogP contribution in [0.5, 0.6) is 5.88 Å². The zero-order valence-electron chi connectivity index (χ0n) is 11.6. The van der Waals surface area contributed by atoms with E-state index in [9.17, 15) is 0 Å². The maximum absolute atomic E-state index is 5.68. The van der Waals surface area contributed by atoms with Gasteiger partial charge in [0, 0.05) is 37.6 Å². The van der Waals surface area contributed by atoms with Crippen LogP contribution in [0.2, 0.25) is 0 Å². The standard InChI is InChI=1S/C14H21N5O/c1(7-19-8-5-15-6-9-19)2-10-20-13-4-3-12-11-16-18-14(12)17-13/h3-4,11,15H,1-2,5-10H2,(H,16,17,18). The molecule has 0 spiro atoms. The molecular weight excluding hydrogens is 254 g/mol. The Morgan fingerprint density at radius 2 is 2.10 bits per heavy atom. The molecule has 20 heavy (non-hydrogen) atoms. The van der Waals surface area contributed by atoms with Gasteiger partial charge in [0.25, 0.3) is 0 Å². The molecule has 0 unspecified atom stereocenters. The molecule has 2 aromatic heterocycles. The summed E-state index contributed by atoms with van der Waals surface area (Å²) in [5.41, 5.74) is 0.781. The Morgan fingerprint density at radius 1 is 1.20 bits per heavy atom. The quantitative estimate of drug-likeness (QED) is 0.771. The fraction of sp³-hybridized carbons (Fsp3) is 0.571. The van der Waals surface area contributed by atoms with Crippen LogP contribution in [0.25, 0.3) is 11.0 Å². The van der Waals surface area contributed by atoms with Crippen molar-refractivity contribution in [3.63, 3.8) is 0 Å². The van der Waals surface area contributed by atoms with Crippen molar-refractivity contribution in [2.75, 3.05) is 39.3 Å². The van der Waals surface area contributed by atoms with E-state index >= 15 is 0 Å². The normalized spacial score (nSPS) is 16.6. The number of ether oxygens (including phenoxy) is 1. The first-order chi connectivity index (χ1) is 9.92. The number of unbranched alkanes of at least 4 members (excludes halogenated alkanes) is 1. The topological polar surface area (TPSA) is 66.1 Å². The number of hydrogen-bond donors (Lipinski definition) is 2. The highest BCUT2D eigenvalue weighted by atomic mass is 16.5. The Balaban J connectivity index is 1.36. The minimum absolute atomic E-state index is 0.670. The molecule has 0 amide bonds. The average molecular weight is 275 g/mol. The minimum atomic E-state index is 0.670. The summed E-state index contributed by atoms with van der Waals surface area (Å²) in [6, 6.07) is 3.87. The maximum Gasteiger partial charge on any atom is 0.215 e. The van der Waals surface area contributed by atoms with E-state index < -0.39 is 0 Å². The smallest absolute Gasteiger partial charge is 0.215 e. The highest BCUT2D eigenvalue weighted by Crippen LogP contribution is 2.13. The number of piperazine rings is 1. The fourth-order valence-electron chi connectivity index (χ4n) is 2.44. The van der Waals surface area contributed by atoms with Crippen LogP contribution in [-0.2, 0) is 0 Å². The number of H-pyrrole nitrogens is 1. The Morgan fingerprint density at radius 3 is 3.00 bits per heavy atom. The van der Waals surface area contributed by atoms with Crippen LogP contribution in [0.4, 0.5) is 0 Å². The lowest BCUT2D eigenvalue weighted by Crippen LogP contribution is -2.43. The molecule has 0 aliphatic carbocycles. The average Bonchev–Trinajstić information content (AvgIpc) is 2.95. The summed E-state index contributed by atoms with van der Waals surface area (Å²) in [4.78, 5) is 6.87. The highest BCUT2D eigenvalue weighted by molar-refractivity contribution is 5.73. The third-order valence-electron chi connectivity index (χ3n) is 3.60. The van der Waals surface area contributed by atoms with Crippen molar-refractivity contribution in [1.82, 2.24) is 25.4 Å². The Bertz CT molecular complexity index is 535.